The Morgan fingerprint density at radius 2 is 1.79 bits per heavy atom. The molecule has 0 aromatic heterocycles. The van der Waals surface area contributed by atoms with Crippen LogP contribution >= 0.6 is 0 Å². The van der Waals surface area contributed by atoms with Crippen LogP contribution in [0.4, 0.5) is 5.69 Å². The Morgan fingerprint density at radius 1 is 1.16 bits per heavy atom. The van der Waals surface area contributed by atoms with Gasteiger partial charge in [-0.2, -0.15) is 0 Å². The summed E-state index contributed by atoms with van der Waals surface area (Å²) >= 11 is 0. The summed E-state index contributed by atoms with van der Waals surface area (Å²) in [7, 11) is 0. The van der Waals surface area contributed by atoms with Gasteiger partial charge in [0.2, 0.25) is 0 Å². The van der Waals surface area contributed by atoms with Gasteiger partial charge in [0.05, 0.1) is 5.56 Å². The third-order valence-corrected chi connectivity index (χ3v) is 3.47. The number of hydrogen-bond donors (Lipinski definition) is 2. The fourth-order valence-electron chi connectivity index (χ4n) is 1.90. The van der Waals surface area contributed by atoms with Crippen molar-refractivity contribution in [2.75, 3.05) is 5.32 Å². The van der Waals surface area contributed by atoms with Crippen molar-refractivity contribution in [3.63, 3.8) is 0 Å². The molecule has 3 nitrogen and oxygen atoms in total. The topological polar surface area (TPSA) is 41.1 Å². The molecule has 0 saturated heterocycles. The predicted octanol–water partition coefficient (Wildman–Crippen LogP) is 3.67. The highest BCUT2D eigenvalue weighted by molar-refractivity contribution is 5.99. The van der Waals surface area contributed by atoms with Crippen LogP contribution in [0.25, 0.3) is 0 Å². The summed E-state index contributed by atoms with van der Waals surface area (Å²) in [6, 6.07) is 8.14. The zero-order valence-electron chi connectivity index (χ0n) is 12.7. The number of carbonyl (C=O) groups is 1. The van der Waals surface area contributed by atoms with Crippen LogP contribution in [0.15, 0.2) is 24.3 Å². The summed E-state index contributed by atoms with van der Waals surface area (Å²) in [5, 5.41) is 6.39. The number of benzene rings is 1. The van der Waals surface area contributed by atoms with Crippen LogP contribution in [0.2, 0.25) is 0 Å². The minimum Gasteiger partial charge on any atom is -0.382 e. The molecule has 0 saturated carbocycles. The lowest BCUT2D eigenvalue weighted by Gasteiger charge is -2.21. The molecule has 0 radical (unpaired) electrons. The van der Waals surface area contributed by atoms with E-state index in [2.05, 4.69) is 45.3 Å². The zero-order chi connectivity index (χ0) is 14.4. The van der Waals surface area contributed by atoms with Gasteiger partial charge in [0, 0.05) is 17.8 Å². The molecule has 1 amide bonds. The molecule has 0 aliphatic carbocycles. The van der Waals surface area contributed by atoms with E-state index in [1.807, 2.05) is 24.3 Å². The molecule has 2 atom stereocenters. The van der Waals surface area contributed by atoms with E-state index in [-0.39, 0.29) is 11.9 Å². The van der Waals surface area contributed by atoms with Gasteiger partial charge in [-0.25, -0.2) is 0 Å². The first kappa shape index (κ1) is 15.5. The molecule has 1 aromatic carbocycles. The Bertz CT molecular complexity index is 415. The van der Waals surface area contributed by atoms with Crippen LogP contribution in [0, 0.1) is 5.92 Å². The van der Waals surface area contributed by atoms with Gasteiger partial charge in [-0.1, -0.05) is 32.4 Å². The summed E-state index contributed by atoms with van der Waals surface area (Å²) in [4.78, 5) is 12.3. The van der Waals surface area contributed by atoms with Gasteiger partial charge in [0.15, 0.2) is 0 Å². The summed E-state index contributed by atoms with van der Waals surface area (Å²) in [5.74, 6) is 0.478. The first-order valence-electron chi connectivity index (χ1n) is 7.12. The van der Waals surface area contributed by atoms with Crippen LogP contribution in [-0.4, -0.2) is 18.0 Å². The number of carbonyl (C=O) groups excluding carboxylic acids is 1. The fraction of sp³-hybridized carbons (Fsp3) is 0.562. The molecule has 0 bridgehead atoms. The van der Waals surface area contributed by atoms with Crippen molar-refractivity contribution in [3.05, 3.63) is 29.8 Å². The van der Waals surface area contributed by atoms with E-state index in [1.54, 1.807) is 0 Å². The molecule has 0 aliphatic heterocycles. The van der Waals surface area contributed by atoms with Crippen LogP contribution in [0.3, 0.4) is 0 Å². The lowest BCUT2D eigenvalue weighted by Crippen LogP contribution is -2.37. The molecule has 0 heterocycles. The molecule has 1 rings (SSSR count). The van der Waals surface area contributed by atoms with Crippen molar-refractivity contribution in [1.29, 1.82) is 0 Å². The van der Waals surface area contributed by atoms with E-state index in [1.165, 1.54) is 0 Å². The molecule has 2 unspecified atom stereocenters. The number of anilines is 1. The largest absolute Gasteiger partial charge is 0.382 e. The minimum absolute atomic E-state index is 0.00319. The highest BCUT2D eigenvalue weighted by Gasteiger charge is 2.16. The second-order valence-corrected chi connectivity index (χ2v) is 5.49. The van der Waals surface area contributed by atoms with E-state index in [0.717, 1.165) is 12.1 Å². The number of rotatable bonds is 6. The first-order chi connectivity index (χ1) is 8.95. The van der Waals surface area contributed by atoms with Crippen molar-refractivity contribution in [3.8, 4) is 0 Å². The zero-order valence-corrected chi connectivity index (χ0v) is 12.7. The van der Waals surface area contributed by atoms with E-state index >= 15 is 0 Å². The molecule has 0 spiro atoms. The molecular weight excluding hydrogens is 236 g/mol. The van der Waals surface area contributed by atoms with Gasteiger partial charge < -0.3 is 10.6 Å². The van der Waals surface area contributed by atoms with Crippen LogP contribution in [0.1, 0.15) is 51.4 Å². The summed E-state index contributed by atoms with van der Waals surface area (Å²) in [5.41, 5.74) is 1.61. The predicted molar refractivity (Wildman–Crippen MR) is 81.6 cm³/mol. The lowest BCUT2D eigenvalue weighted by atomic mass is 10.0. The van der Waals surface area contributed by atoms with E-state index in [0.29, 0.717) is 17.5 Å². The van der Waals surface area contributed by atoms with Crippen LogP contribution in [0.5, 0.6) is 0 Å². The maximum absolute atomic E-state index is 12.3. The van der Waals surface area contributed by atoms with Gasteiger partial charge in [0.25, 0.3) is 5.91 Å². The minimum atomic E-state index is -0.00319. The Labute approximate surface area is 116 Å². The standard InChI is InChI=1S/C16H26N2O/c1-6-12(4)13(5)18-16(19)14-9-7-8-10-15(14)17-11(2)3/h7-13,17H,6H2,1-5H3,(H,18,19). The van der Waals surface area contributed by atoms with Gasteiger partial charge >= 0.3 is 0 Å². The van der Waals surface area contributed by atoms with Crippen molar-refractivity contribution >= 4 is 11.6 Å². The molecular formula is C16H26N2O. The third-order valence-electron chi connectivity index (χ3n) is 3.47. The number of hydrogen-bond acceptors (Lipinski definition) is 2. The normalized spacial score (nSPS) is 14.0. The maximum Gasteiger partial charge on any atom is 0.253 e. The summed E-state index contributed by atoms with van der Waals surface area (Å²) < 4.78 is 0. The number of para-hydroxylation sites is 1. The second-order valence-electron chi connectivity index (χ2n) is 5.49. The average molecular weight is 262 g/mol. The van der Waals surface area contributed by atoms with Gasteiger partial charge in [-0.15, -0.1) is 0 Å². The van der Waals surface area contributed by atoms with Crippen molar-refractivity contribution < 1.29 is 4.79 Å². The highest BCUT2D eigenvalue weighted by Crippen LogP contribution is 2.17. The van der Waals surface area contributed by atoms with Crippen molar-refractivity contribution in [2.45, 2.75) is 53.1 Å². The quantitative estimate of drug-likeness (QED) is 0.821. The van der Waals surface area contributed by atoms with E-state index in [4.69, 9.17) is 0 Å². The molecule has 0 fully saturated rings. The maximum atomic E-state index is 12.3. The Kier molecular flexibility index (Phi) is 5.87. The summed E-state index contributed by atoms with van der Waals surface area (Å²) in [6.07, 6.45) is 1.06. The molecule has 2 N–H and O–H groups in total. The van der Waals surface area contributed by atoms with Gasteiger partial charge in [0.1, 0.15) is 0 Å². The first-order valence-corrected chi connectivity index (χ1v) is 7.12. The molecule has 3 heteroatoms. The monoisotopic (exact) mass is 262 g/mol. The molecule has 0 aliphatic rings. The smallest absolute Gasteiger partial charge is 0.253 e. The van der Waals surface area contributed by atoms with E-state index in [9.17, 15) is 4.79 Å². The third kappa shape index (κ3) is 4.58. The van der Waals surface area contributed by atoms with Gasteiger partial charge in [-0.3, -0.25) is 4.79 Å². The summed E-state index contributed by atoms with van der Waals surface area (Å²) in [6.45, 7) is 10.5. The molecule has 19 heavy (non-hydrogen) atoms. The van der Waals surface area contributed by atoms with E-state index < -0.39 is 0 Å². The SMILES string of the molecule is CCC(C)C(C)NC(=O)c1ccccc1NC(C)C. The Hall–Kier alpha value is -1.51. The fourth-order valence-corrected chi connectivity index (χ4v) is 1.90. The van der Waals surface area contributed by atoms with Crippen LogP contribution < -0.4 is 10.6 Å². The molecule has 106 valence electrons. The Morgan fingerprint density at radius 3 is 2.37 bits per heavy atom. The Balaban J connectivity index is 2.82. The average Bonchev–Trinajstić information content (AvgIpc) is 2.37. The van der Waals surface area contributed by atoms with Crippen LogP contribution in [-0.2, 0) is 0 Å². The second kappa shape index (κ2) is 7.17. The number of nitrogens with one attached hydrogen (secondary N) is 2. The molecule has 1 aromatic rings. The number of amides is 1. The lowest BCUT2D eigenvalue weighted by molar-refractivity contribution is 0.0929. The highest BCUT2D eigenvalue weighted by atomic mass is 16.1. The van der Waals surface area contributed by atoms with Crippen molar-refractivity contribution in [1.82, 2.24) is 5.32 Å². The van der Waals surface area contributed by atoms with Gasteiger partial charge in [-0.05, 0) is 38.8 Å². The van der Waals surface area contributed by atoms with Crippen molar-refractivity contribution in [2.24, 2.45) is 5.92 Å².